The highest BCUT2D eigenvalue weighted by Gasteiger charge is 2.00. The van der Waals surface area contributed by atoms with Gasteiger partial charge in [-0.05, 0) is 24.3 Å². The molecular weight excluding hydrogens is 266 g/mol. The molecular formula is C15H15N5O. The van der Waals surface area contributed by atoms with E-state index < -0.39 is 0 Å². The van der Waals surface area contributed by atoms with Crippen molar-refractivity contribution in [2.75, 3.05) is 12.4 Å². The number of methoxy groups -OCH3 is 1. The van der Waals surface area contributed by atoms with Crippen LogP contribution in [0.25, 0.3) is 5.69 Å². The summed E-state index contributed by atoms with van der Waals surface area (Å²) in [7, 11) is 1.61. The zero-order chi connectivity index (χ0) is 14.5. The van der Waals surface area contributed by atoms with E-state index in [2.05, 4.69) is 20.5 Å². The molecule has 0 aliphatic rings. The van der Waals surface area contributed by atoms with Gasteiger partial charge >= 0.3 is 0 Å². The fourth-order valence-corrected chi connectivity index (χ4v) is 1.97. The van der Waals surface area contributed by atoms with Gasteiger partial charge in [-0.3, -0.25) is 4.57 Å². The van der Waals surface area contributed by atoms with Gasteiger partial charge in [0.2, 0.25) is 5.88 Å². The molecule has 21 heavy (non-hydrogen) atoms. The Morgan fingerprint density at radius 1 is 1.10 bits per heavy atom. The van der Waals surface area contributed by atoms with Crippen LogP contribution in [0.1, 0.15) is 5.69 Å². The summed E-state index contributed by atoms with van der Waals surface area (Å²) in [6, 6.07) is 13.7. The molecule has 0 aliphatic carbocycles. The average molecular weight is 281 g/mol. The van der Waals surface area contributed by atoms with Crippen LogP contribution in [-0.2, 0) is 6.54 Å². The predicted octanol–water partition coefficient (Wildman–Crippen LogP) is 2.28. The molecule has 106 valence electrons. The maximum absolute atomic E-state index is 5.12. The third-order valence-electron chi connectivity index (χ3n) is 3.03. The van der Waals surface area contributed by atoms with Crippen LogP contribution in [0.5, 0.6) is 5.88 Å². The molecule has 1 aromatic carbocycles. The summed E-state index contributed by atoms with van der Waals surface area (Å²) < 4.78 is 6.97. The van der Waals surface area contributed by atoms with E-state index in [1.807, 2.05) is 47.0 Å². The zero-order valence-corrected chi connectivity index (χ0v) is 11.6. The highest BCUT2D eigenvalue weighted by molar-refractivity contribution is 5.51. The van der Waals surface area contributed by atoms with E-state index in [1.54, 1.807) is 19.8 Å². The molecule has 0 amide bonds. The lowest BCUT2D eigenvalue weighted by molar-refractivity contribution is 0.396. The number of nitrogens with zero attached hydrogens (tertiary/aromatic N) is 4. The molecule has 0 spiro atoms. The Labute approximate surface area is 122 Å². The SMILES string of the molecule is COc1cccc(CNc2cccc(-n3cnnc3)c2)n1. The van der Waals surface area contributed by atoms with Gasteiger partial charge in [0.15, 0.2) is 0 Å². The minimum absolute atomic E-state index is 0.618. The number of benzene rings is 1. The largest absolute Gasteiger partial charge is 0.481 e. The fraction of sp³-hybridized carbons (Fsp3) is 0.133. The second-order valence-corrected chi connectivity index (χ2v) is 4.44. The number of nitrogens with one attached hydrogen (secondary N) is 1. The maximum Gasteiger partial charge on any atom is 0.213 e. The number of aromatic nitrogens is 4. The maximum atomic E-state index is 5.12. The molecule has 0 saturated carbocycles. The van der Waals surface area contributed by atoms with E-state index in [1.165, 1.54) is 0 Å². The van der Waals surface area contributed by atoms with Crippen LogP contribution in [0.15, 0.2) is 55.1 Å². The van der Waals surface area contributed by atoms with Crippen molar-refractivity contribution in [3.63, 3.8) is 0 Å². The first-order valence-corrected chi connectivity index (χ1v) is 6.54. The van der Waals surface area contributed by atoms with Gasteiger partial charge in [-0.25, -0.2) is 4.98 Å². The molecule has 0 aliphatic heterocycles. The summed E-state index contributed by atoms with van der Waals surface area (Å²) in [5.41, 5.74) is 2.93. The van der Waals surface area contributed by atoms with E-state index in [0.717, 1.165) is 17.1 Å². The van der Waals surface area contributed by atoms with Crippen LogP contribution in [-0.4, -0.2) is 26.9 Å². The van der Waals surface area contributed by atoms with Crippen LogP contribution < -0.4 is 10.1 Å². The Morgan fingerprint density at radius 3 is 2.71 bits per heavy atom. The Hall–Kier alpha value is -2.89. The molecule has 3 aromatic rings. The van der Waals surface area contributed by atoms with Gasteiger partial charge in [-0.15, -0.1) is 10.2 Å². The Bertz CT molecular complexity index is 712. The summed E-state index contributed by atoms with van der Waals surface area (Å²) in [5, 5.41) is 11.0. The lowest BCUT2D eigenvalue weighted by Crippen LogP contribution is -2.03. The normalized spacial score (nSPS) is 10.3. The number of anilines is 1. The van der Waals surface area contributed by atoms with Gasteiger partial charge in [0, 0.05) is 11.8 Å². The second kappa shape index (κ2) is 6.04. The monoisotopic (exact) mass is 281 g/mol. The van der Waals surface area contributed by atoms with Gasteiger partial charge in [0.25, 0.3) is 0 Å². The number of hydrogen-bond donors (Lipinski definition) is 1. The number of pyridine rings is 1. The van der Waals surface area contributed by atoms with E-state index in [9.17, 15) is 0 Å². The third-order valence-corrected chi connectivity index (χ3v) is 3.03. The minimum Gasteiger partial charge on any atom is -0.481 e. The highest BCUT2D eigenvalue weighted by Crippen LogP contribution is 2.15. The fourth-order valence-electron chi connectivity index (χ4n) is 1.97. The zero-order valence-electron chi connectivity index (χ0n) is 11.6. The topological polar surface area (TPSA) is 64.9 Å². The van der Waals surface area contributed by atoms with Crippen LogP contribution in [0, 0.1) is 0 Å². The van der Waals surface area contributed by atoms with E-state index >= 15 is 0 Å². The van der Waals surface area contributed by atoms with Crippen LogP contribution in [0.3, 0.4) is 0 Å². The third kappa shape index (κ3) is 3.17. The molecule has 0 bridgehead atoms. The van der Waals surface area contributed by atoms with Crippen molar-refractivity contribution in [2.24, 2.45) is 0 Å². The van der Waals surface area contributed by atoms with Crippen molar-refractivity contribution in [2.45, 2.75) is 6.54 Å². The van der Waals surface area contributed by atoms with Gasteiger partial charge < -0.3 is 10.1 Å². The molecule has 0 saturated heterocycles. The first-order chi connectivity index (χ1) is 10.3. The summed E-state index contributed by atoms with van der Waals surface area (Å²) in [6.45, 7) is 0.628. The van der Waals surface area contributed by atoms with Crippen molar-refractivity contribution < 1.29 is 4.74 Å². The van der Waals surface area contributed by atoms with Crippen LogP contribution >= 0.6 is 0 Å². The Kier molecular flexibility index (Phi) is 3.77. The molecule has 6 nitrogen and oxygen atoms in total. The molecule has 6 heteroatoms. The van der Waals surface area contributed by atoms with Crippen molar-refractivity contribution in [1.29, 1.82) is 0 Å². The standard InChI is InChI=1S/C15H15N5O/c1-21-15-7-3-5-13(19-15)9-16-12-4-2-6-14(8-12)20-10-17-18-11-20/h2-8,10-11,16H,9H2,1H3. The summed E-state index contributed by atoms with van der Waals surface area (Å²) >= 11 is 0. The lowest BCUT2D eigenvalue weighted by Gasteiger charge is -2.09. The van der Waals surface area contributed by atoms with Crippen molar-refractivity contribution >= 4 is 5.69 Å². The van der Waals surface area contributed by atoms with Gasteiger partial charge in [0.1, 0.15) is 12.7 Å². The van der Waals surface area contributed by atoms with Gasteiger partial charge in [-0.1, -0.05) is 12.1 Å². The molecule has 0 atom stereocenters. The van der Waals surface area contributed by atoms with Crippen molar-refractivity contribution in [3.8, 4) is 11.6 Å². The molecule has 0 unspecified atom stereocenters. The molecule has 2 aromatic heterocycles. The number of hydrogen-bond acceptors (Lipinski definition) is 5. The minimum atomic E-state index is 0.618. The molecule has 0 radical (unpaired) electrons. The summed E-state index contributed by atoms with van der Waals surface area (Å²) in [6.07, 6.45) is 3.34. The summed E-state index contributed by atoms with van der Waals surface area (Å²) in [4.78, 5) is 4.37. The first kappa shape index (κ1) is 13.1. The lowest BCUT2D eigenvalue weighted by atomic mass is 10.2. The molecule has 1 N–H and O–H groups in total. The van der Waals surface area contributed by atoms with Gasteiger partial charge in [-0.2, -0.15) is 0 Å². The predicted molar refractivity (Wildman–Crippen MR) is 79.5 cm³/mol. The van der Waals surface area contributed by atoms with Crippen LogP contribution in [0.4, 0.5) is 5.69 Å². The smallest absolute Gasteiger partial charge is 0.213 e. The second-order valence-electron chi connectivity index (χ2n) is 4.44. The number of ether oxygens (including phenoxy) is 1. The van der Waals surface area contributed by atoms with E-state index in [4.69, 9.17) is 4.74 Å². The quantitative estimate of drug-likeness (QED) is 0.777. The first-order valence-electron chi connectivity index (χ1n) is 6.54. The molecule has 2 heterocycles. The average Bonchev–Trinajstić information content (AvgIpc) is 3.08. The summed E-state index contributed by atoms with van der Waals surface area (Å²) in [5.74, 6) is 0.618. The van der Waals surface area contributed by atoms with E-state index in [-0.39, 0.29) is 0 Å². The van der Waals surface area contributed by atoms with E-state index in [0.29, 0.717) is 12.4 Å². The van der Waals surface area contributed by atoms with Crippen LogP contribution in [0.2, 0.25) is 0 Å². The molecule has 3 rings (SSSR count). The van der Waals surface area contributed by atoms with Crippen molar-refractivity contribution in [3.05, 3.63) is 60.8 Å². The highest BCUT2D eigenvalue weighted by atomic mass is 16.5. The molecule has 0 fully saturated rings. The Balaban J connectivity index is 1.72. The number of rotatable bonds is 5. The van der Waals surface area contributed by atoms with Crippen molar-refractivity contribution in [1.82, 2.24) is 19.7 Å². The van der Waals surface area contributed by atoms with Gasteiger partial charge in [0.05, 0.1) is 25.0 Å². The Morgan fingerprint density at radius 2 is 1.90 bits per heavy atom.